The van der Waals surface area contributed by atoms with Crippen molar-refractivity contribution >= 4 is 35.1 Å². The van der Waals surface area contributed by atoms with E-state index in [1.807, 2.05) is 38.1 Å². The summed E-state index contributed by atoms with van der Waals surface area (Å²) in [6.07, 6.45) is 0.731. The SMILES string of the molecule is CC(=O)N1CCc2cc(NC(=O)COC(=O)c3cccc(CNc4nc(C)cc(C)n4)c3)ccc21. The van der Waals surface area contributed by atoms with Gasteiger partial charge < -0.3 is 20.3 Å². The zero-order valence-electron chi connectivity index (χ0n) is 19.9. The lowest BCUT2D eigenvalue weighted by molar-refractivity contribution is -0.119. The van der Waals surface area contributed by atoms with Gasteiger partial charge in [-0.2, -0.15) is 0 Å². The number of aromatic nitrogens is 2. The Kier molecular flexibility index (Phi) is 7.05. The van der Waals surface area contributed by atoms with Crippen molar-refractivity contribution in [2.45, 2.75) is 33.7 Å². The number of esters is 1. The summed E-state index contributed by atoms with van der Waals surface area (Å²) in [5.74, 6) is -0.515. The van der Waals surface area contributed by atoms with Crippen LogP contribution in [-0.4, -0.2) is 40.9 Å². The van der Waals surface area contributed by atoms with Gasteiger partial charge in [0, 0.05) is 42.8 Å². The topological polar surface area (TPSA) is 114 Å². The van der Waals surface area contributed by atoms with Crippen molar-refractivity contribution in [2.24, 2.45) is 0 Å². The highest BCUT2D eigenvalue weighted by Crippen LogP contribution is 2.30. The summed E-state index contributed by atoms with van der Waals surface area (Å²) >= 11 is 0. The number of anilines is 3. The van der Waals surface area contributed by atoms with Crippen LogP contribution < -0.4 is 15.5 Å². The molecule has 2 N–H and O–H groups in total. The lowest BCUT2D eigenvalue weighted by Crippen LogP contribution is -2.25. The predicted molar refractivity (Wildman–Crippen MR) is 132 cm³/mol. The molecule has 3 aromatic rings. The number of nitrogens with one attached hydrogen (secondary N) is 2. The van der Waals surface area contributed by atoms with Crippen molar-refractivity contribution in [1.82, 2.24) is 9.97 Å². The normalized spacial score (nSPS) is 12.1. The molecule has 1 aliphatic heterocycles. The van der Waals surface area contributed by atoms with Crippen LogP contribution in [0.2, 0.25) is 0 Å². The average Bonchev–Trinajstić information content (AvgIpc) is 3.24. The van der Waals surface area contributed by atoms with E-state index in [0.717, 1.165) is 34.6 Å². The number of carbonyl (C=O) groups is 3. The fraction of sp³-hybridized carbons (Fsp3) is 0.269. The molecule has 0 unspecified atom stereocenters. The van der Waals surface area contributed by atoms with Crippen molar-refractivity contribution in [1.29, 1.82) is 0 Å². The molecule has 0 aliphatic carbocycles. The molecule has 180 valence electrons. The molecular formula is C26H27N5O4. The number of hydrogen-bond donors (Lipinski definition) is 2. The van der Waals surface area contributed by atoms with Crippen molar-refractivity contribution in [2.75, 3.05) is 28.7 Å². The van der Waals surface area contributed by atoms with Crippen LogP contribution in [0.3, 0.4) is 0 Å². The van der Waals surface area contributed by atoms with Crippen molar-refractivity contribution in [3.05, 3.63) is 76.6 Å². The van der Waals surface area contributed by atoms with Crippen LogP contribution in [0.1, 0.15) is 39.8 Å². The first-order valence-electron chi connectivity index (χ1n) is 11.3. The molecule has 0 radical (unpaired) electrons. The van der Waals surface area contributed by atoms with Gasteiger partial charge in [-0.15, -0.1) is 0 Å². The number of carbonyl (C=O) groups excluding carboxylic acids is 3. The minimum Gasteiger partial charge on any atom is -0.452 e. The summed E-state index contributed by atoms with van der Waals surface area (Å²) in [4.78, 5) is 46.9. The summed E-state index contributed by atoms with van der Waals surface area (Å²) in [6.45, 7) is 5.99. The van der Waals surface area contributed by atoms with Gasteiger partial charge in [-0.1, -0.05) is 12.1 Å². The summed E-state index contributed by atoms with van der Waals surface area (Å²) in [6, 6.07) is 14.3. The smallest absolute Gasteiger partial charge is 0.338 e. The average molecular weight is 474 g/mol. The Balaban J connectivity index is 1.30. The summed E-state index contributed by atoms with van der Waals surface area (Å²) in [5.41, 5.74) is 5.38. The van der Waals surface area contributed by atoms with E-state index in [0.29, 0.717) is 30.3 Å². The maximum absolute atomic E-state index is 12.5. The highest BCUT2D eigenvalue weighted by molar-refractivity contribution is 5.97. The molecule has 0 saturated heterocycles. The highest BCUT2D eigenvalue weighted by atomic mass is 16.5. The molecule has 0 saturated carbocycles. The third-order valence-electron chi connectivity index (χ3n) is 5.57. The fourth-order valence-electron chi connectivity index (χ4n) is 4.01. The summed E-state index contributed by atoms with van der Waals surface area (Å²) < 4.78 is 5.20. The zero-order valence-corrected chi connectivity index (χ0v) is 19.9. The lowest BCUT2D eigenvalue weighted by atomic mass is 10.1. The van der Waals surface area contributed by atoms with Gasteiger partial charge in [0.05, 0.1) is 5.56 Å². The molecule has 1 aromatic heterocycles. The van der Waals surface area contributed by atoms with E-state index >= 15 is 0 Å². The Morgan fingerprint density at radius 1 is 1.03 bits per heavy atom. The largest absolute Gasteiger partial charge is 0.452 e. The van der Waals surface area contributed by atoms with Gasteiger partial charge in [0.1, 0.15) is 0 Å². The molecule has 2 aromatic carbocycles. The highest BCUT2D eigenvalue weighted by Gasteiger charge is 2.22. The van der Waals surface area contributed by atoms with E-state index in [2.05, 4.69) is 20.6 Å². The van der Waals surface area contributed by atoms with Gasteiger partial charge in [-0.05, 0) is 67.8 Å². The molecule has 4 rings (SSSR count). The third kappa shape index (κ3) is 6.00. The number of aryl methyl sites for hydroxylation is 2. The number of rotatable bonds is 7. The fourth-order valence-corrected chi connectivity index (χ4v) is 4.01. The molecular weight excluding hydrogens is 446 g/mol. The maximum atomic E-state index is 12.5. The van der Waals surface area contributed by atoms with Crippen LogP contribution in [0.5, 0.6) is 0 Å². The van der Waals surface area contributed by atoms with Crippen LogP contribution in [0.15, 0.2) is 48.5 Å². The Morgan fingerprint density at radius 3 is 2.54 bits per heavy atom. The number of fused-ring (bicyclic) bond motifs is 1. The van der Waals surface area contributed by atoms with E-state index < -0.39 is 18.5 Å². The Labute approximate surface area is 203 Å². The number of amides is 2. The van der Waals surface area contributed by atoms with Crippen LogP contribution in [0.25, 0.3) is 0 Å². The second-order valence-corrected chi connectivity index (χ2v) is 8.42. The van der Waals surface area contributed by atoms with E-state index in [1.165, 1.54) is 6.92 Å². The minimum atomic E-state index is -0.587. The maximum Gasteiger partial charge on any atom is 0.338 e. The molecule has 0 fully saturated rings. The predicted octanol–water partition coefficient (Wildman–Crippen LogP) is 3.41. The molecule has 35 heavy (non-hydrogen) atoms. The van der Waals surface area contributed by atoms with E-state index in [-0.39, 0.29) is 5.91 Å². The summed E-state index contributed by atoms with van der Waals surface area (Å²) in [7, 11) is 0. The van der Waals surface area contributed by atoms with Gasteiger partial charge in [0.2, 0.25) is 11.9 Å². The molecule has 2 amide bonds. The van der Waals surface area contributed by atoms with Gasteiger partial charge >= 0.3 is 5.97 Å². The minimum absolute atomic E-state index is 0.00843. The number of hydrogen-bond acceptors (Lipinski definition) is 7. The Morgan fingerprint density at radius 2 is 1.80 bits per heavy atom. The summed E-state index contributed by atoms with van der Waals surface area (Å²) in [5, 5.41) is 5.89. The molecule has 0 spiro atoms. The van der Waals surface area contributed by atoms with E-state index in [1.54, 1.807) is 29.2 Å². The van der Waals surface area contributed by atoms with E-state index in [4.69, 9.17) is 4.74 Å². The molecule has 2 heterocycles. The van der Waals surface area contributed by atoms with Gasteiger partial charge in [0.25, 0.3) is 5.91 Å². The van der Waals surface area contributed by atoms with Gasteiger partial charge in [0.15, 0.2) is 6.61 Å². The van der Waals surface area contributed by atoms with Crippen LogP contribution in [0, 0.1) is 13.8 Å². The second-order valence-electron chi connectivity index (χ2n) is 8.42. The third-order valence-corrected chi connectivity index (χ3v) is 5.57. The quantitative estimate of drug-likeness (QED) is 0.506. The first-order chi connectivity index (χ1) is 16.8. The van der Waals surface area contributed by atoms with Crippen molar-refractivity contribution < 1.29 is 19.1 Å². The molecule has 0 atom stereocenters. The molecule has 0 bridgehead atoms. The van der Waals surface area contributed by atoms with Crippen LogP contribution in [-0.2, 0) is 27.3 Å². The van der Waals surface area contributed by atoms with E-state index in [9.17, 15) is 14.4 Å². The molecule has 1 aliphatic rings. The number of benzene rings is 2. The van der Waals surface area contributed by atoms with Crippen LogP contribution >= 0.6 is 0 Å². The van der Waals surface area contributed by atoms with Gasteiger partial charge in [-0.3, -0.25) is 9.59 Å². The first kappa shape index (κ1) is 23.9. The number of ether oxygens (including phenoxy) is 1. The Bertz CT molecular complexity index is 1270. The van der Waals surface area contributed by atoms with Crippen LogP contribution in [0.4, 0.5) is 17.3 Å². The Hall–Kier alpha value is -4.27. The molecule has 9 nitrogen and oxygen atoms in total. The standard InChI is InChI=1S/C26H27N5O4/c1-16-11-17(2)29-26(28-16)27-14-19-5-4-6-21(12-19)25(34)35-15-24(33)30-22-7-8-23-20(13-22)9-10-31(23)18(3)32/h4-8,11-13H,9-10,14-15H2,1-3H3,(H,30,33)(H,27,28,29). The first-order valence-corrected chi connectivity index (χ1v) is 11.3. The lowest BCUT2D eigenvalue weighted by Gasteiger charge is -2.15. The van der Waals surface area contributed by atoms with Gasteiger partial charge in [-0.25, -0.2) is 14.8 Å². The molecule has 9 heteroatoms. The second kappa shape index (κ2) is 10.3. The van der Waals surface area contributed by atoms with Crippen molar-refractivity contribution in [3.8, 4) is 0 Å². The number of nitrogens with zero attached hydrogens (tertiary/aromatic N) is 3. The van der Waals surface area contributed by atoms with Crippen molar-refractivity contribution in [3.63, 3.8) is 0 Å². The monoisotopic (exact) mass is 473 g/mol. The zero-order chi connectivity index (χ0) is 24.9.